The molecule has 0 radical (unpaired) electrons. The standard InChI is InChI=1S/C25H36F2O/c1-3-4-5-6-18-7-9-19(10-8-18)20-11-13-21(14-12-20)22-15-24(26)23(17-28-2)25(27)16-22/h5-6,15-16,18-21H,3-4,7-14,17H2,1-2H3/b6-5+. The van der Waals surface area contributed by atoms with E-state index in [4.69, 9.17) is 4.74 Å². The Morgan fingerprint density at radius 3 is 2.04 bits per heavy atom. The summed E-state index contributed by atoms with van der Waals surface area (Å²) in [5.41, 5.74) is 0.878. The zero-order chi connectivity index (χ0) is 19.9. The average molecular weight is 391 g/mol. The SMILES string of the molecule is CCC/C=C/C1CCC(C2CCC(c3cc(F)c(COC)c(F)c3)CC2)CC1. The molecule has 28 heavy (non-hydrogen) atoms. The Balaban J connectivity index is 1.50. The van der Waals surface area contributed by atoms with Crippen molar-refractivity contribution in [2.75, 3.05) is 7.11 Å². The fourth-order valence-electron chi connectivity index (χ4n) is 5.33. The number of hydrogen-bond donors (Lipinski definition) is 0. The summed E-state index contributed by atoms with van der Waals surface area (Å²) in [4.78, 5) is 0. The van der Waals surface area contributed by atoms with Gasteiger partial charge < -0.3 is 4.74 Å². The predicted molar refractivity (Wildman–Crippen MR) is 111 cm³/mol. The summed E-state index contributed by atoms with van der Waals surface area (Å²) in [7, 11) is 1.46. The summed E-state index contributed by atoms with van der Waals surface area (Å²) in [6.45, 7) is 2.22. The Bertz CT molecular complexity index is 615. The highest BCUT2D eigenvalue weighted by atomic mass is 19.1. The third kappa shape index (κ3) is 5.43. The Hall–Kier alpha value is -1.22. The highest BCUT2D eigenvalue weighted by Crippen LogP contribution is 2.44. The minimum absolute atomic E-state index is 0.0129. The highest BCUT2D eigenvalue weighted by molar-refractivity contribution is 5.28. The number of methoxy groups -OCH3 is 1. The molecule has 1 nitrogen and oxygen atoms in total. The van der Waals surface area contributed by atoms with Gasteiger partial charge in [-0.15, -0.1) is 0 Å². The van der Waals surface area contributed by atoms with Crippen LogP contribution in [-0.4, -0.2) is 7.11 Å². The molecule has 0 N–H and O–H groups in total. The third-order valence-corrected chi connectivity index (χ3v) is 7.04. The number of ether oxygens (including phenoxy) is 1. The van der Waals surface area contributed by atoms with Crippen LogP contribution in [0.15, 0.2) is 24.3 Å². The van der Waals surface area contributed by atoms with E-state index >= 15 is 0 Å². The maximum Gasteiger partial charge on any atom is 0.131 e. The average Bonchev–Trinajstić information content (AvgIpc) is 2.71. The van der Waals surface area contributed by atoms with Crippen molar-refractivity contribution in [3.63, 3.8) is 0 Å². The van der Waals surface area contributed by atoms with Crippen molar-refractivity contribution in [2.24, 2.45) is 17.8 Å². The molecule has 156 valence electrons. The smallest absolute Gasteiger partial charge is 0.131 e. The second-order valence-electron chi connectivity index (χ2n) is 8.90. The van der Waals surface area contributed by atoms with Crippen LogP contribution in [0.1, 0.15) is 88.2 Å². The van der Waals surface area contributed by atoms with Gasteiger partial charge in [0.2, 0.25) is 0 Å². The van der Waals surface area contributed by atoms with Gasteiger partial charge in [-0.25, -0.2) is 8.78 Å². The zero-order valence-corrected chi connectivity index (χ0v) is 17.6. The van der Waals surface area contributed by atoms with E-state index in [2.05, 4.69) is 19.1 Å². The van der Waals surface area contributed by atoms with Crippen molar-refractivity contribution >= 4 is 0 Å². The number of rotatable bonds is 7. The Morgan fingerprint density at radius 1 is 0.929 bits per heavy atom. The second-order valence-corrected chi connectivity index (χ2v) is 8.90. The molecular weight excluding hydrogens is 354 g/mol. The number of unbranched alkanes of at least 4 members (excludes halogenated alkanes) is 1. The van der Waals surface area contributed by atoms with Crippen LogP contribution >= 0.6 is 0 Å². The second kappa shape index (κ2) is 10.5. The number of allylic oxidation sites excluding steroid dienone is 2. The molecular formula is C25H36F2O. The summed E-state index contributed by atoms with van der Waals surface area (Å²) in [5, 5.41) is 0. The minimum Gasteiger partial charge on any atom is -0.380 e. The van der Waals surface area contributed by atoms with Crippen molar-refractivity contribution in [1.82, 2.24) is 0 Å². The van der Waals surface area contributed by atoms with Crippen LogP contribution in [-0.2, 0) is 11.3 Å². The first kappa shape index (κ1) is 21.5. The summed E-state index contributed by atoms with van der Waals surface area (Å²) >= 11 is 0. The number of benzene rings is 1. The summed E-state index contributed by atoms with van der Waals surface area (Å²) < 4.78 is 33.4. The predicted octanol–water partition coefficient (Wildman–Crippen LogP) is 7.55. The highest BCUT2D eigenvalue weighted by Gasteiger charge is 2.31. The molecule has 3 rings (SSSR count). The Labute approximate surface area is 169 Å². The first-order valence-corrected chi connectivity index (χ1v) is 11.3. The summed E-state index contributed by atoms with van der Waals surface area (Å²) in [6, 6.07) is 3.08. The lowest BCUT2D eigenvalue weighted by molar-refractivity contribution is 0.170. The molecule has 0 heterocycles. The van der Waals surface area contributed by atoms with Crippen LogP contribution in [0, 0.1) is 29.4 Å². The van der Waals surface area contributed by atoms with E-state index in [0.717, 1.165) is 36.2 Å². The first-order valence-electron chi connectivity index (χ1n) is 11.3. The summed E-state index contributed by atoms with van der Waals surface area (Å²) in [5.74, 6) is 1.82. The van der Waals surface area contributed by atoms with Gasteiger partial charge in [0.1, 0.15) is 11.6 Å². The number of hydrogen-bond acceptors (Lipinski definition) is 1. The molecule has 0 saturated heterocycles. The van der Waals surface area contributed by atoms with E-state index < -0.39 is 11.6 Å². The molecule has 2 aliphatic rings. The maximum absolute atomic E-state index is 14.2. The van der Waals surface area contributed by atoms with Crippen molar-refractivity contribution in [1.29, 1.82) is 0 Å². The molecule has 3 heteroatoms. The van der Waals surface area contributed by atoms with Crippen molar-refractivity contribution in [2.45, 2.75) is 83.7 Å². The topological polar surface area (TPSA) is 9.23 Å². The molecule has 1 aromatic rings. The van der Waals surface area contributed by atoms with Crippen LogP contribution in [0.4, 0.5) is 8.78 Å². The Morgan fingerprint density at radius 2 is 1.50 bits per heavy atom. The van der Waals surface area contributed by atoms with Crippen LogP contribution in [0.2, 0.25) is 0 Å². The molecule has 2 saturated carbocycles. The van der Waals surface area contributed by atoms with Gasteiger partial charge in [-0.2, -0.15) is 0 Å². The van der Waals surface area contributed by atoms with Crippen LogP contribution in [0.3, 0.4) is 0 Å². The zero-order valence-electron chi connectivity index (χ0n) is 17.6. The maximum atomic E-state index is 14.2. The Kier molecular flexibility index (Phi) is 8.08. The van der Waals surface area contributed by atoms with E-state index in [1.807, 2.05) is 0 Å². The van der Waals surface area contributed by atoms with Gasteiger partial charge in [0.15, 0.2) is 0 Å². The van der Waals surface area contributed by atoms with E-state index in [1.54, 1.807) is 0 Å². The van der Waals surface area contributed by atoms with Crippen LogP contribution in [0.5, 0.6) is 0 Å². The van der Waals surface area contributed by atoms with Crippen LogP contribution in [0.25, 0.3) is 0 Å². The van der Waals surface area contributed by atoms with Gasteiger partial charge >= 0.3 is 0 Å². The van der Waals surface area contributed by atoms with Crippen molar-refractivity contribution in [3.05, 3.63) is 47.0 Å². The molecule has 2 fully saturated rings. The molecule has 0 aliphatic heterocycles. The fraction of sp³-hybridized carbons (Fsp3) is 0.680. The molecule has 2 aliphatic carbocycles. The molecule has 0 spiro atoms. The van der Waals surface area contributed by atoms with Crippen molar-refractivity contribution in [3.8, 4) is 0 Å². The van der Waals surface area contributed by atoms with E-state index in [0.29, 0.717) is 5.92 Å². The van der Waals surface area contributed by atoms with Gasteiger partial charge in [-0.1, -0.05) is 25.5 Å². The van der Waals surface area contributed by atoms with Gasteiger partial charge in [-0.05, 0) is 99.2 Å². The monoisotopic (exact) mass is 390 g/mol. The molecule has 0 unspecified atom stereocenters. The lowest BCUT2D eigenvalue weighted by Gasteiger charge is -2.37. The third-order valence-electron chi connectivity index (χ3n) is 7.04. The first-order chi connectivity index (χ1) is 13.6. The normalized spacial score (nSPS) is 28.7. The lowest BCUT2D eigenvalue weighted by Crippen LogP contribution is -2.25. The van der Waals surface area contributed by atoms with E-state index in [-0.39, 0.29) is 12.2 Å². The van der Waals surface area contributed by atoms with Gasteiger partial charge in [0, 0.05) is 12.7 Å². The van der Waals surface area contributed by atoms with Gasteiger partial charge in [0.25, 0.3) is 0 Å². The lowest BCUT2D eigenvalue weighted by atomic mass is 9.68. The largest absolute Gasteiger partial charge is 0.380 e. The molecule has 0 bridgehead atoms. The van der Waals surface area contributed by atoms with E-state index in [9.17, 15) is 8.78 Å². The quantitative estimate of drug-likeness (QED) is 0.437. The van der Waals surface area contributed by atoms with Gasteiger partial charge in [0.05, 0.1) is 6.61 Å². The number of halogens is 2. The van der Waals surface area contributed by atoms with Crippen molar-refractivity contribution < 1.29 is 13.5 Å². The molecule has 0 atom stereocenters. The van der Waals surface area contributed by atoms with E-state index in [1.165, 1.54) is 70.6 Å². The summed E-state index contributed by atoms with van der Waals surface area (Å²) in [6.07, 6.45) is 17.2. The fourth-order valence-corrected chi connectivity index (χ4v) is 5.33. The molecule has 0 aromatic heterocycles. The van der Waals surface area contributed by atoms with Gasteiger partial charge in [-0.3, -0.25) is 0 Å². The molecule has 0 amide bonds. The minimum atomic E-state index is -0.464. The molecule has 1 aromatic carbocycles. The van der Waals surface area contributed by atoms with Crippen LogP contribution < -0.4 is 0 Å².